The molecule has 0 spiro atoms. The molecule has 2 aliphatic rings. The molecule has 0 saturated carbocycles. The van der Waals surface area contributed by atoms with Crippen molar-refractivity contribution in [3.8, 4) is 0 Å². The number of carbonyl (C=O) groups excluding carboxylic acids is 2. The zero-order valence-corrected chi connectivity index (χ0v) is 18.1. The number of fused-ring (bicyclic) bond motifs is 1. The van der Waals surface area contributed by atoms with Gasteiger partial charge in [0.15, 0.2) is 0 Å². The van der Waals surface area contributed by atoms with Gasteiger partial charge in [0.1, 0.15) is 5.70 Å². The van der Waals surface area contributed by atoms with Gasteiger partial charge in [-0.25, -0.2) is 14.8 Å². The van der Waals surface area contributed by atoms with Crippen LogP contribution in [0.4, 0.5) is 10.7 Å². The maximum atomic E-state index is 11.7. The first-order valence-corrected chi connectivity index (χ1v) is 11.1. The molecule has 0 aliphatic carbocycles. The Morgan fingerprint density at radius 2 is 1.88 bits per heavy atom. The van der Waals surface area contributed by atoms with Crippen LogP contribution in [0.25, 0.3) is 17.0 Å². The van der Waals surface area contributed by atoms with Crippen LogP contribution in [0.1, 0.15) is 24.2 Å². The normalized spacial score (nSPS) is 18.1. The number of benzene rings is 1. The summed E-state index contributed by atoms with van der Waals surface area (Å²) in [5, 5.41) is 9.37. The summed E-state index contributed by atoms with van der Waals surface area (Å²) in [6.07, 6.45) is 5.33. The number of carbonyl (C=O) groups is 2. The van der Waals surface area contributed by atoms with Gasteiger partial charge in [0, 0.05) is 31.2 Å². The Morgan fingerprint density at radius 3 is 2.70 bits per heavy atom. The smallest absolute Gasteiger partial charge is 0.326 e. The van der Waals surface area contributed by atoms with Crippen molar-refractivity contribution in [1.82, 2.24) is 30.9 Å². The number of urea groups is 1. The Morgan fingerprint density at radius 1 is 1.03 bits per heavy atom. The van der Waals surface area contributed by atoms with E-state index >= 15 is 0 Å². The molecule has 9 nitrogen and oxygen atoms in total. The van der Waals surface area contributed by atoms with Crippen LogP contribution >= 0.6 is 0 Å². The summed E-state index contributed by atoms with van der Waals surface area (Å²) in [6.45, 7) is 3.45. The van der Waals surface area contributed by atoms with Crippen molar-refractivity contribution in [3.63, 3.8) is 0 Å². The third kappa shape index (κ3) is 4.98. The number of imide groups is 1. The Kier molecular flexibility index (Phi) is 5.95. The first kappa shape index (κ1) is 21.0. The maximum Gasteiger partial charge on any atom is 0.326 e. The number of rotatable bonds is 6. The third-order valence-electron chi connectivity index (χ3n) is 5.97. The zero-order chi connectivity index (χ0) is 22.6. The molecule has 2 fully saturated rings. The van der Waals surface area contributed by atoms with Crippen LogP contribution < -0.4 is 20.9 Å². The molecule has 5 rings (SSSR count). The minimum atomic E-state index is -0.521. The van der Waals surface area contributed by atoms with Crippen LogP contribution in [0, 0.1) is 5.92 Å². The average Bonchev–Trinajstić information content (AvgIpc) is 3.16. The average molecular weight is 444 g/mol. The van der Waals surface area contributed by atoms with Gasteiger partial charge in [-0.1, -0.05) is 24.3 Å². The summed E-state index contributed by atoms with van der Waals surface area (Å²) < 4.78 is 0. The molecule has 3 aromatic rings. The van der Waals surface area contributed by atoms with Gasteiger partial charge in [-0.3, -0.25) is 15.1 Å². The van der Waals surface area contributed by atoms with E-state index in [-0.39, 0.29) is 5.70 Å². The van der Waals surface area contributed by atoms with E-state index in [1.165, 1.54) is 0 Å². The number of hydrogen-bond acceptors (Lipinski definition) is 7. The van der Waals surface area contributed by atoms with E-state index < -0.39 is 11.9 Å². The lowest BCUT2D eigenvalue weighted by molar-refractivity contribution is -0.115. The number of nitrogens with one attached hydrogen (secondary N) is 3. The summed E-state index contributed by atoms with van der Waals surface area (Å²) >= 11 is 0. The van der Waals surface area contributed by atoms with E-state index in [1.807, 2.05) is 18.2 Å². The highest BCUT2D eigenvalue weighted by Gasteiger charge is 2.24. The second-order valence-electron chi connectivity index (χ2n) is 8.30. The van der Waals surface area contributed by atoms with Crippen LogP contribution in [0.2, 0.25) is 0 Å². The van der Waals surface area contributed by atoms with Gasteiger partial charge in [0.25, 0.3) is 5.91 Å². The lowest BCUT2D eigenvalue weighted by Gasteiger charge is -2.32. The van der Waals surface area contributed by atoms with Crippen molar-refractivity contribution in [2.75, 3.05) is 24.5 Å². The molecule has 0 atom stereocenters. The first-order valence-electron chi connectivity index (χ1n) is 11.1. The molecule has 3 N–H and O–H groups in total. The Balaban J connectivity index is 1.12. The lowest BCUT2D eigenvalue weighted by Crippen LogP contribution is -2.38. The SMILES string of the molecule is O=C1NC(=O)/C(=C\c2ccnc(N3CCC(CNCc4ccc5ccccc5n4)CC3)n2)N1. The van der Waals surface area contributed by atoms with Gasteiger partial charge in [-0.2, -0.15) is 0 Å². The molecular formula is C24H25N7O2. The largest absolute Gasteiger partial charge is 0.341 e. The van der Waals surface area contributed by atoms with Gasteiger partial charge >= 0.3 is 6.03 Å². The quantitative estimate of drug-likeness (QED) is 0.396. The molecule has 3 amide bonds. The number of para-hydroxylation sites is 1. The fourth-order valence-corrected chi connectivity index (χ4v) is 4.17. The predicted octanol–water partition coefficient (Wildman–Crippen LogP) is 2.21. The molecular weight excluding hydrogens is 418 g/mol. The van der Waals surface area contributed by atoms with E-state index in [1.54, 1.807) is 18.3 Å². The van der Waals surface area contributed by atoms with Crippen molar-refractivity contribution < 1.29 is 9.59 Å². The van der Waals surface area contributed by atoms with Crippen molar-refractivity contribution in [2.45, 2.75) is 19.4 Å². The monoisotopic (exact) mass is 443 g/mol. The van der Waals surface area contributed by atoms with Gasteiger partial charge in [0.2, 0.25) is 5.95 Å². The standard InChI is InChI=1S/C24H25N7O2/c32-22-21(29-24(33)30-22)13-18-7-10-26-23(28-18)31-11-8-16(9-12-31)14-25-15-19-6-5-17-3-1-2-4-20(17)27-19/h1-7,10,13,16,25H,8-9,11-12,14-15H2,(H2,29,30,32,33)/b21-13+. The summed E-state index contributed by atoms with van der Waals surface area (Å²) in [5.74, 6) is 0.776. The lowest BCUT2D eigenvalue weighted by atomic mass is 9.97. The molecule has 0 radical (unpaired) electrons. The van der Waals surface area contributed by atoms with Gasteiger partial charge in [-0.05, 0) is 49.6 Å². The fourth-order valence-electron chi connectivity index (χ4n) is 4.17. The summed E-state index contributed by atoms with van der Waals surface area (Å²) in [7, 11) is 0. The first-order chi connectivity index (χ1) is 16.1. The molecule has 9 heteroatoms. The number of aromatic nitrogens is 3. The number of piperidine rings is 1. The molecule has 0 unspecified atom stereocenters. The van der Waals surface area contributed by atoms with Crippen LogP contribution in [0.5, 0.6) is 0 Å². The fraction of sp³-hybridized carbons (Fsp3) is 0.292. The molecule has 2 aromatic heterocycles. The summed E-state index contributed by atoms with van der Waals surface area (Å²) in [5.41, 5.74) is 2.85. The van der Waals surface area contributed by atoms with Crippen molar-refractivity contribution >= 4 is 34.9 Å². The van der Waals surface area contributed by atoms with Crippen molar-refractivity contribution in [1.29, 1.82) is 0 Å². The minimum Gasteiger partial charge on any atom is -0.341 e. The van der Waals surface area contributed by atoms with Crippen LogP contribution in [-0.2, 0) is 11.3 Å². The number of nitrogens with zero attached hydrogens (tertiary/aromatic N) is 4. The van der Waals surface area contributed by atoms with Crippen LogP contribution in [0.15, 0.2) is 54.4 Å². The molecule has 4 heterocycles. The highest BCUT2D eigenvalue weighted by Crippen LogP contribution is 2.21. The third-order valence-corrected chi connectivity index (χ3v) is 5.97. The second-order valence-corrected chi connectivity index (χ2v) is 8.30. The van der Waals surface area contributed by atoms with Crippen LogP contribution in [-0.4, -0.2) is 46.5 Å². The molecule has 2 saturated heterocycles. The van der Waals surface area contributed by atoms with Crippen molar-refractivity contribution in [2.24, 2.45) is 5.92 Å². The molecule has 168 valence electrons. The number of pyridine rings is 1. The Hall–Kier alpha value is -3.85. The Bertz CT molecular complexity index is 1220. The van der Waals surface area contributed by atoms with Crippen LogP contribution in [0.3, 0.4) is 0 Å². The molecule has 2 aliphatic heterocycles. The zero-order valence-electron chi connectivity index (χ0n) is 18.1. The molecule has 1 aromatic carbocycles. The highest BCUT2D eigenvalue weighted by atomic mass is 16.2. The van der Waals surface area contributed by atoms with E-state index in [4.69, 9.17) is 4.98 Å². The number of anilines is 1. The minimum absolute atomic E-state index is 0.190. The highest BCUT2D eigenvalue weighted by molar-refractivity contribution is 6.13. The maximum absolute atomic E-state index is 11.7. The number of hydrogen-bond donors (Lipinski definition) is 3. The van der Waals surface area contributed by atoms with E-state index in [0.717, 1.165) is 55.6 Å². The Labute approximate surface area is 191 Å². The van der Waals surface area contributed by atoms with Crippen molar-refractivity contribution in [3.05, 3.63) is 65.7 Å². The number of amides is 3. The summed E-state index contributed by atoms with van der Waals surface area (Å²) in [4.78, 5) is 38.8. The molecule has 33 heavy (non-hydrogen) atoms. The van der Waals surface area contributed by atoms with E-state index in [2.05, 4.69) is 49.0 Å². The van der Waals surface area contributed by atoms with Gasteiger partial charge in [0.05, 0.1) is 16.9 Å². The topological polar surface area (TPSA) is 112 Å². The second kappa shape index (κ2) is 9.33. The van der Waals surface area contributed by atoms with E-state index in [9.17, 15) is 9.59 Å². The van der Waals surface area contributed by atoms with E-state index in [0.29, 0.717) is 17.6 Å². The summed E-state index contributed by atoms with van der Waals surface area (Å²) in [6, 6.07) is 13.6. The van der Waals surface area contributed by atoms with Gasteiger partial charge in [-0.15, -0.1) is 0 Å². The predicted molar refractivity (Wildman–Crippen MR) is 125 cm³/mol. The van der Waals surface area contributed by atoms with Gasteiger partial charge < -0.3 is 15.5 Å². The molecule has 0 bridgehead atoms.